The van der Waals surface area contributed by atoms with Crippen LogP contribution in [0.25, 0.3) is 11.5 Å². The van der Waals surface area contributed by atoms with Crippen LogP contribution in [0.1, 0.15) is 44.4 Å². The third-order valence-electron chi connectivity index (χ3n) is 5.40. The van der Waals surface area contributed by atoms with Gasteiger partial charge in [0, 0.05) is 18.7 Å². The van der Waals surface area contributed by atoms with Gasteiger partial charge in [0.05, 0.1) is 6.54 Å². The molecule has 1 saturated heterocycles. The lowest BCUT2D eigenvalue weighted by Crippen LogP contribution is -2.43. The van der Waals surface area contributed by atoms with Crippen LogP contribution in [0, 0.1) is 12.8 Å². The number of rotatable bonds is 8. The van der Waals surface area contributed by atoms with Crippen LogP contribution in [-0.2, 0) is 6.54 Å². The Morgan fingerprint density at radius 1 is 1.17 bits per heavy atom. The first-order valence-corrected chi connectivity index (χ1v) is 10.9. The molecule has 30 heavy (non-hydrogen) atoms. The highest BCUT2D eigenvalue weighted by atomic mass is 127. The normalized spacial score (nSPS) is 15.6. The molecule has 2 N–H and O–H groups in total. The van der Waals surface area contributed by atoms with E-state index in [1.165, 1.54) is 44.5 Å². The van der Waals surface area contributed by atoms with Crippen molar-refractivity contribution in [2.45, 2.75) is 46.6 Å². The minimum Gasteiger partial charge on any atom is -0.444 e. The molecule has 1 aromatic carbocycles. The number of piperidine rings is 1. The van der Waals surface area contributed by atoms with Crippen LogP contribution in [0.15, 0.2) is 39.9 Å². The molecule has 6 nitrogen and oxygen atoms in total. The Morgan fingerprint density at radius 2 is 1.90 bits per heavy atom. The molecule has 0 spiro atoms. The Balaban J connectivity index is 0.00000320. The Bertz CT molecular complexity index is 766. The maximum atomic E-state index is 5.64. The number of hydrogen-bond acceptors (Lipinski definition) is 4. The van der Waals surface area contributed by atoms with Gasteiger partial charge >= 0.3 is 0 Å². The summed E-state index contributed by atoms with van der Waals surface area (Å²) in [4.78, 5) is 11.9. The Morgan fingerprint density at radius 3 is 2.57 bits per heavy atom. The molecular weight excluding hydrogens is 489 g/mol. The van der Waals surface area contributed by atoms with Crippen molar-refractivity contribution in [3.8, 4) is 11.5 Å². The zero-order valence-electron chi connectivity index (χ0n) is 18.5. The number of hydrogen-bond donors (Lipinski definition) is 2. The summed E-state index contributed by atoms with van der Waals surface area (Å²) in [5, 5.41) is 6.85. The van der Waals surface area contributed by atoms with E-state index in [0.717, 1.165) is 30.3 Å². The van der Waals surface area contributed by atoms with Gasteiger partial charge in [0.2, 0.25) is 5.89 Å². The molecule has 0 unspecified atom stereocenters. The molecule has 0 atom stereocenters. The zero-order chi connectivity index (χ0) is 20.5. The van der Waals surface area contributed by atoms with Crippen molar-refractivity contribution in [2.75, 3.05) is 32.7 Å². The van der Waals surface area contributed by atoms with E-state index >= 15 is 0 Å². The second-order valence-corrected chi connectivity index (χ2v) is 7.87. The van der Waals surface area contributed by atoms with E-state index in [1.54, 1.807) is 6.26 Å². The molecule has 1 aromatic heterocycles. The minimum absolute atomic E-state index is 0. The van der Waals surface area contributed by atoms with Gasteiger partial charge in [-0.3, -0.25) is 0 Å². The van der Waals surface area contributed by atoms with Crippen molar-refractivity contribution >= 4 is 29.9 Å². The van der Waals surface area contributed by atoms with E-state index in [-0.39, 0.29) is 24.0 Å². The molecule has 166 valence electrons. The SMILES string of the molecule is CCCN1CCC(CNC(=NCc2coc(-c3ccc(C)cc3)n2)NCC)CC1.I. The van der Waals surface area contributed by atoms with Crippen LogP contribution >= 0.6 is 24.0 Å². The Labute approximate surface area is 198 Å². The summed E-state index contributed by atoms with van der Waals surface area (Å²) in [6.45, 7) is 12.4. The number of aryl methyl sites for hydroxylation is 1. The van der Waals surface area contributed by atoms with Gasteiger partial charge in [0.1, 0.15) is 12.0 Å². The van der Waals surface area contributed by atoms with Crippen LogP contribution in [-0.4, -0.2) is 48.6 Å². The fourth-order valence-electron chi connectivity index (χ4n) is 3.68. The van der Waals surface area contributed by atoms with E-state index in [9.17, 15) is 0 Å². The minimum atomic E-state index is 0. The lowest BCUT2D eigenvalue weighted by Gasteiger charge is -2.32. The van der Waals surface area contributed by atoms with Gasteiger partial charge in [-0.15, -0.1) is 24.0 Å². The van der Waals surface area contributed by atoms with E-state index < -0.39 is 0 Å². The van der Waals surface area contributed by atoms with Crippen molar-refractivity contribution < 1.29 is 4.42 Å². The number of nitrogens with zero attached hydrogens (tertiary/aromatic N) is 3. The highest BCUT2D eigenvalue weighted by molar-refractivity contribution is 14.0. The average molecular weight is 525 g/mol. The summed E-state index contributed by atoms with van der Waals surface area (Å²) < 4.78 is 5.64. The highest BCUT2D eigenvalue weighted by Gasteiger charge is 2.18. The molecule has 1 fully saturated rings. The molecule has 0 bridgehead atoms. The average Bonchev–Trinajstić information content (AvgIpc) is 3.21. The first kappa shape index (κ1) is 24.7. The third kappa shape index (κ3) is 7.58. The van der Waals surface area contributed by atoms with Gasteiger partial charge in [-0.1, -0.05) is 24.6 Å². The molecule has 1 aliphatic heterocycles. The predicted molar refractivity (Wildman–Crippen MR) is 134 cm³/mol. The fourth-order valence-corrected chi connectivity index (χ4v) is 3.68. The van der Waals surface area contributed by atoms with E-state index in [1.807, 2.05) is 12.1 Å². The van der Waals surface area contributed by atoms with Gasteiger partial charge in [-0.05, 0) is 70.8 Å². The van der Waals surface area contributed by atoms with Crippen LogP contribution in [0.4, 0.5) is 0 Å². The van der Waals surface area contributed by atoms with Crippen LogP contribution in [0.5, 0.6) is 0 Å². The molecule has 0 aliphatic carbocycles. The lowest BCUT2D eigenvalue weighted by atomic mass is 9.97. The second kappa shape index (κ2) is 12.9. The van der Waals surface area contributed by atoms with Crippen molar-refractivity contribution in [1.82, 2.24) is 20.5 Å². The van der Waals surface area contributed by atoms with Crippen molar-refractivity contribution in [3.05, 3.63) is 41.8 Å². The maximum Gasteiger partial charge on any atom is 0.226 e. The summed E-state index contributed by atoms with van der Waals surface area (Å²) in [5.74, 6) is 2.21. The molecule has 0 amide bonds. The molecule has 0 radical (unpaired) electrons. The number of oxazole rings is 1. The van der Waals surface area contributed by atoms with Crippen LogP contribution in [0.2, 0.25) is 0 Å². The van der Waals surface area contributed by atoms with Crippen molar-refractivity contribution in [3.63, 3.8) is 0 Å². The highest BCUT2D eigenvalue weighted by Crippen LogP contribution is 2.19. The van der Waals surface area contributed by atoms with E-state index in [0.29, 0.717) is 18.4 Å². The quantitative estimate of drug-likeness (QED) is 0.303. The molecule has 2 heterocycles. The fraction of sp³-hybridized carbons (Fsp3) is 0.565. The molecule has 0 saturated carbocycles. The third-order valence-corrected chi connectivity index (χ3v) is 5.40. The van der Waals surface area contributed by atoms with Gasteiger partial charge in [0.25, 0.3) is 0 Å². The van der Waals surface area contributed by atoms with E-state index in [4.69, 9.17) is 9.41 Å². The summed E-state index contributed by atoms with van der Waals surface area (Å²) in [7, 11) is 0. The number of halogens is 1. The smallest absolute Gasteiger partial charge is 0.226 e. The predicted octanol–water partition coefficient (Wildman–Crippen LogP) is 4.45. The van der Waals surface area contributed by atoms with E-state index in [2.05, 4.69) is 53.4 Å². The van der Waals surface area contributed by atoms with Crippen LogP contribution in [0.3, 0.4) is 0 Å². The van der Waals surface area contributed by atoms with Gasteiger partial charge in [-0.2, -0.15) is 0 Å². The first-order chi connectivity index (χ1) is 14.2. The summed E-state index contributed by atoms with van der Waals surface area (Å²) in [6, 6.07) is 8.20. The number of likely N-dealkylation sites (tertiary alicyclic amines) is 1. The summed E-state index contributed by atoms with van der Waals surface area (Å²) >= 11 is 0. The molecule has 1 aliphatic rings. The van der Waals surface area contributed by atoms with Gasteiger partial charge in [-0.25, -0.2) is 9.98 Å². The van der Waals surface area contributed by atoms with Crippen molar-refractivity contribution in [2.24, 2.45) is 10.9 Å². The zero-order valence-corrected chi connectivity index (χ0v) is 20.8. The largest absolute Gasteiger partial charge is 0.444 e. The molecule has 2 aromatic rings. The number of benzene rings is 1. The Kier molecular flexibility index (Phi) is 10.6. The monoisotopic (exact) mass is 525 g/mol. The van der Waals surface area contributed by atoms with Gasteiger partial charge < -0.3 is 20.0 Å². The standard InChI is InChI=1S/C23H35N5O.HI/c1-4-12-28-13-10-19(11-14-28)15-25-23(24-5-2)26-16-21-17-29-22(27-21)20-8-6-18(3)7-9-20;/h6-9,17,19H,4-5,10-16H2,1-3H3,(H2,24,25,26);1H. The number of nitrogens with one attached hydrogen (secondary N) is 2. The van der Waals surface area contributed by atoms with Crippen molar-refractivity contribution in [1.29, 1.82) is 0 Å². The van der Waals surface area contributed by atoms with Crippen LogP contribution < -0.4 is 10.6 Å². The number of guanidine groups is 1. The van der Waals surface area contributed by atoms with Gasteiger partial charge in [0.15, 0.2) is 5.96 Å². The molecular formula is C23H36IN5O. The number of aliphatic imine (C=N–C) groups is 1. The summed E-state index contributed by atoms with van der Waals surface area (Å²) in [6.07, 6.45) is 5.46. The molecule has 7 heteroatoms. The topological polar surface area (TPSA) is 65.7 Å². The summed E-state index contributed by atoms with van der Waals surface area (Å²) in [5.41, 5.74) is 3.05. The second-order valence-electron chi connectivity index (χ2n) is 7.87. The molecule has 3 rings (SSSR count). The maximum absolute atomic E-state index is 5.64. The lowest BCUT2D eigenvalue weighted by molar-refractivity contribution is 0.185. The number of aromatic nitrogens is 1. The first-order valence-electron chi connectivity index (χ1n) is 10.9. The Hall–Kier alpha value is -1.61.